The van der Waals surface area contributed by atoms with Crippen molar-refractivity contribution in [1.82, 2.24) is 10.2 Å². The fourth-order valence-electron chi connectivity index (χ4n) is 4.47. The average molecular weight is 550 g/mol. The minimum atomic E-state index is -4.09. The maximum Gasteiger partial charge on any atom is 0.264 e. The second kappa shape index (κ2) is 13.9. The first-order valence-corrected chi connectivity index (χ1v) is 14.9. The Labute approximate surface area is 232 Å². The van der Waals surface area contributed by atoms with Crippen LogP contribution in [0, 0.1) is 6.92 Å². The summed E-state index contributed by atoms with van der Waals surface area (Å²) in [6.45, 7) is 7.91. The summed E-state index contributed by atoms with van der Waals surface area (Å²) in [4.78, 5) is 28.8. The van der Waals surface area contributed by atoms with Gasteiger partial charge in [0.05, 0.1) is 10.6 Å². The molecular formula is C31H39N3O4S. The molecule has 39 heavy (non-hydrogen) atoms. The molecule has 0 aliphatic carbocycles. The van der Waals surface area contributed by atoms with Gasteiger partial charge in [-0.05, 0) is 55.5 Å². The van der Waals surface area contributed by atoms with Crippen molar-refractivity contribution in [2.45, 2.75) is 64.4 Å². The van der Waals surface area contributed by atoms with Crippen LogP contribution in [0.5, 0.6) is 0 Å². The number of anilines is 1. The lowest BCUT2D eigenvalue weighted by Gasteiger charge is -2.33. The Morgan fingerprint density at radius 2 is 1.51 bits per heavy atom. The maximum atomic E-state index is 14.1. The van der Waals surface area contributed by atoms with Crippen molar-refractivity contribution in [3.8, 4) is 0 Å². The van der Waals surface area contributed by atoms with Crippen LogP contribution in [-0.4, -0.2) is 44.3 Å². The molecule has 8 heteroatoms. The molecule has 0 saturated heterocycles. The average Bonchev–Trinajstić information content (AvgIpc) is 2.95. The number of hydrogen-bond acceptors (Lipinski definition) is 4. The summed E-state index contributed by atoms with van der Waals surface area (Å²) in [5, 5.41) is 2.90. The number of nitrogens with one attached hydrogen (secondary N) is 1. The van der Waals surface area contributed by atoms with E-state index in [0.717, 1.165) is 23.1 Å². The lowest BCUT2D eigenvalue weighted by atomic mass is 10.1. The molecule has 2 amide bonds. The number of benzene rings is 3. The van der Waals surface area contributed by atoms with Crippen LogP contribution in [0.25, 0.3) is 0 Å². The lowest BCUT2D eigenvalue weighted by molar-refractivity contribution is -0.140. The van der Waals surface area contributed by atoms with Gasteiger partial charge in [0.15, 0.2) is 0 Å². The number of aryl methyl sites for hydroxylation is 2. The summed E-state index contributed by atoms with van der Waals surface area (Å²) in [7, 11) is -4.09. The Bertz CT molecular complexity index is 1340. The third-order valence-corrected chi connectivity index (χ3v) is 8.43. The van der Waals surface area contributed by atoms with Crippen LogP contribution in [0.3, 0.4) is 0 Å². The Hall–Kier alpha value is -3.65. The SMILES string of the molecule is CCCNC(=O)[C@@H](CC)N(Cc1ccccc1)C(=O)CN(c1ccccc1CC)S(=O)(=O)c1ccc(C)cc1. The van der Waals surface area contributed by atoms with Crippen molar-refractivity contribution in [3.63, 3.8) is 0 Å². The summed E-state index contributed by atoms with van der Waals surface area (Å²) >= 11 is 0. The van der Waals surface area contributed by atoms with Crippen LogP contribution >= 0.6 is 0 Å². The van der Waals surface area contributed by atoms with Gasteiger partial charge >= 0.3 is 0 Å². The van der Waals surface area contributed by atoms with E-state index in [1.807, 2.05) is 70.2 Å². The smallest absolute Gasteiger partial charge is 0.264 e. The first-order valence-electron chi connectivity index (χ1n) is 13.5. The van der Waals surface area contributed by atoms with Gasteiger partial charge in [-0.25, -0.2) is 8.42 Å². The standard InChI is InChI=1S/C31H39N3O4S/c1-5-21-32-31(36)28(7-3)33(22-25-13-9-8-10-14-25)30(35)23-34(29-16-12-11-15-26(29)6-2)39(37,38)27-19-17-24(4)18-20-27/h8-20,28H,5-7,21-23H2,1-4H3,(H,32,36)/t28-/m1/s1. The van der Waals surface area contributed by atoms with Gasteiger partial charge in [-0.2, -0.15) is 0 Å². The van der Waals surface area contributed by atoms with Crippen molar-refractivity contribution in [1.29, 1.82) is 0 Å². The minimum absolute atomic E-state index is 0.106. The Morgan fingerprint density at radius 3 is 2.13 bits per heavy atom. The summed E-state index contributed by atoms with van der Waals surface area (Å²) in [6, 6.07) is 22.5. The molecular weight excluding hydrogens is 510 g/mol. The molecule has 3 rings (SSSR count). The Kier molecular flexibility index (Phi) is 10.7. The molecule has 3 aromatic carbocycles. The van der Waals surface area contributed by atoms with Crippen molar-refractivity contribution >= 4 is 27.5 Å². The fraction of sp³-hybridized carbons (Fsp3) is 0.355. The lowest BCUT2D eigenvalue weighted by Crippen LogP contribution is -2.52. The van der Waals surface area contributed by atoms with E-state index in [2.05, 4.69) is 5.32 Å². The molecule has 0 aliphatic rings. The van der Waals surface area contributed by atoms with Crippen LogP contribution < -0.4 is 9.62 Å². The van der Waals surface area contributed by atoms with Crippen molar-refractivity contribution in [3.05, 3.63) is 95.6 Å². The number of hydrogen-bond donors (Lipinski definition) is 1. The van der Waals surface area contributed by atoms with Gasteiger partial charge in [0.1, 0.15) is 12.6 Å². The quantitative estimate of drug-likeness (QED) is 0.322. The van der Waals surface area contributed by atoms with E-state index in [1.165, 1.54) is 9.21 Å². The Balaban J connectivity index is 2.07. The van der Waals surface area contributed by atoms with E-state index in [1.54, 1.807) is 36.4 Å². The van der Waals surface area contributed by atoms with Crippen LogP contribution in [0.1, 0.15) is 50.3 Å². The molecule has 208 valence electrons. The van der Waals surface area contributed by atoms with Gasteiger partial charge in [0, 0.05) is 13.1 Å². The van der Waals surface area contributed by atoms with E-state index in [9.17, 15) is 18.0 Å². The molecule has 0 fully saturated rings. The van der Waals surface area contributed by atoms with Gasteiger partial charge in [-0.1, -0.05) is 87.0 Å². The summed E-state index contributed by atoms with van der Waals surface area (Å²) in [5.74, 6) is -0.690. The molecule has 0 aromatic heterocycles. The summed E-state index contributed by atoms with van der Waals surface area (Å²) in [6.07, 6.45) is 1.75. The van der Waals surface area contributed by atoms with Gasteiger partial charge in [0.25, 0.3) is 10.0 Å². The highest BCUT2D eigenvalue weighted by Crippen LogP contribution is 2.28. The van der Waals surface area contributed by atoms with Crippen LogP contribution in [0.15, 0.2) is 83.8 Å². The largest absolute Gasteiger partial charge is 0.354 e. The van der Waals surface area contributed by atoms with Gasteiger partial charge in [-0.3, -0.25) is 13.9 Å². The highest BCUT2D eigenvalue weighted by atomic mass is 32.2. The number of rotatable bonds is 13. The molecule has 3 aromatic rings. The van der Waals surface area contributed by atoms with Crippen molar-refractivity contribution in [2.75, 3.05) is 17.4 Å². The molecule has 1 atom stereocenters. The molecule has 0 unspecified atom stereocenters. The van der Waals surface area contributed by atoms with E-state index in [0.29, 0.717) is 25.1 Å². The number of para-hydroxylation sites is 1. The van der Waals surface area contributed by atoms with Crippen molar-refractivity contribution < 1.29 is 18.0 Å². The van der Waals surface area contributed by atoms with Crippen LogP contribution in [-0.2, 0) is 32.6 Å². The second-order valence-electron chi connectivity index (χ2n) is 9.53. The molecule has 7 nitrogen and oxygen atoms in total. The molecule has 0 heterocycles. The number of carbonyl (C=O) groups excluding carboxylic acids is 2. The zero-order valence-electron chi connectivity index (χ0n) is 23.3. The van der Waals surface area contributed by atoms with Gasteiger partial charge < -0.3 is 10.2 Å². The first-order chi connectivity index (χ1) is 18.7. The van der Waals surface area contributed by atoms with Crippen LogP contribution in [0.2, 0.25) is 0 Å². The predicted octanol–water partition coefficient (Wildman–Crippen LogP) is 5.09. The third-order valence-electron chi connectivity index (χ3n) is 6.66. The van der Waals surface area contributed by atoms with Gasteiger partial charge in [-0.15, -0.1) is 0 Å². The second-order valence-corrected chi connectivity index (χ2v) is 11.4. The highest BCUT2D eigenvalue weighted by molar-refractivity contribution is 7.92. The normalized spacial score (nSPS) is 12.0. The van der Waals surface area contributed by atoms with E-state index < -0.39 is 28.5 Å². The summed E-state index contributed by atoms with van der Waals surface area (Å²) < 4.78 is 29.2. The molecule has 0 bridgehead atoms. The monoisotopic (exact) mass is 549 g/mol. The fourth-order valence-corrected chi connectivity index (χ4v) is 5.92. The predicted molar refractivity (Wildman–Crippen MR) is 156 cm³/mol. The number of amides is 2. The molecule has 0 aliphatic heterocycles. The highest BCUT2D eigenvalue weighted by Gasteiger charge is 2.34. The van der Waals surface area contributed by atoms with Crippen molar-refractivity contribution in [2.24, 2.45) is 0 Å². The molecule has 0 radical (unpaired) electrons. The summed E-state index contributed by atoms with van der Waals surface area (Å²) in [5.41, 5.74) is 3.05. The topological polar surface area (TPSA) is 86.8 Å². The van der Waals surface area contributed by atoms with E-state index in [4.69, 9.17) is 0 Å². The molecule has 0 saturated carbocycles. The van der Waals surface area contributed by atoms with Crippen LogP contribution in [0.4, 0.5) is 5.69 Å². The minimum Gasteiger partial charge on any atom is -0.354 e. The Morgan fingerprint density at radius 1 is 0.872 bits per heavy atom. The number of sulfonamides is 1. The van der Waals surface area contributed by atoms with Gasteiger partial charge in [0.2, 0.25) is 11.8 Å². The zero-order chi connectivity index (χ0) is 28.4. The number of nitrogens with zero attached hydrogens (tertiary/aromatic N) is 2. The number of carbonyl (C=O) groups is 2. The van der Waals surface area contributed by atoms with E-state index >= 15 is 0 Å². The zero-order valence-corrected chi connectivity index (χ0v) is 24.1. The van der Waals surface area contributed by atoms with E-state index in [-0.39, 0.29) is 17.3 Å². The molecule has 1 N–H and O–H groups in total. The first kappa shape index (κ1) is 29.9. The molecule has 0 spiro atoms. The maximum absolute atomic E-state index is 14.1. The third kappa shape index (κ3) is 7.47.